The van der Waals surface area contributed by atoms with Crippen LogP contribution in [0.15, 0.2) is 15.5 Å². The van der Waals surface area contributed by atoms with E-state index in [1.54, 1.807) is 7.05 Å². The van der Waals surface area contributed by atoms with Crippen LogP contribution in [-0.4, -0.2) is 42.9 Å². The molecule has 0 atom stereocenters. The predicted octanol–water partition coefficient (Wildman–Crippen LogP) is 2.99. The summed E-state index contributed by atoms with van der Waals surface area (Å²) in [5.41, 5.74) is 1.15. The van der Waals surface area contributed by atoms with E-state index in [2.05, 4.69) is 35.5 Å². The molecular formula is C20H34N4O2. The number of furan rings is 1. The Kier molecular flexibility index (Phi) is 7.54. The molecule has 1 amide bonds. The van der Waals surface area contributed by atoms with E-state index in [1.807, 2.05) is 18.7 Å². The molecule has 26 heavy (non-hydrogen) atoms. The van der Waals surface area contributed by atoms with Crippen LogP contribution in [0.5, 0.6) is 0 Å². The fourth-order valence-electron chi connectivity index (χ4n) is 3.57. The third-order valence-corrected chi connectivity index (χ3v) is 5.30. The van der Waals surface area contributed by atoms with Crippen molar-refractivity contribution in [1.29, 1.82) is 0 Å². The van der Waals surface area contributed by atoms with Gasteiger partial charge in [-0.3, -0.25) is 9.79 Å². The number of hydrogen-bond donors (Lipinski definition) is 2. The van der Waals surface area contributed by atoms with Crippen molar-refractivity contribution in [2.45, 2.75) is 66.0 Å². The molecular weight excluding hydrogens is 328 g/mol. The van der Waals surface area contributed by atoms with Crippen LogP contribution in [0.25, 0.3) is 0 Å². The number of aryl methyl sites for hydroxylation is 2. The lowest BCUT2D eigenvalue weighted by atomic mass is 9.98. The monoisotopic (exact) mass is 362 g/mol. The average Bonchev–Trinajstić information content (AvgIpc) is 2.97. The summed E-state index contributed by atoms with van der Waals surface area (Å²) < 4.78 is 5.56. The number of likely N-dealkylation sites (tertiary alicyclic amines) is 1. The number of carbonyl (C=O) groups is 1. The second-order valence-corrected chi connectivity index (χ2v) is 7.12. The molecule has 1 aromatic rings. The van der Waals surface area contributed by atoms with Crippen molar-refractivity contribution in [2.75, 3.05) is 20.1 Å². The molecule has 0 aromatic carbocycles. The summed E-state index contributed by atoms with van der Waals surface area (Å²) in [5, 5.41) is 6.85. The predicted molar refractivity (Wildman–Crippen MR) is 105 cm³/mol. The van der Waals surface area contributed by atoms with Gasteiger partial charge in [-0.15, -0.1) is 0 Å². The Morgan fingerprint density at radius 3 is 2.46 bits per heavy atom. The molecule has 0 saturated carbocycles. The second-order valence-electron chi connectivity index (χ2n) is 7.12. The van der Waals surface area contributed by atoms with Gasteiger partial charge in [-0.1, -0.05) is 13.8 Å². The number of aliphatic imine (C=N–C) groups is 1. The summed E-state index contributed by atoms with van der Waals surface area (Å²) >= 11 is 0. The van der Waals surface area contributed by atoms with E-state index in [4.69, 9.17) is 4.42 Å². The van der Waals surface area contributed by atoms with Gasteiger partial charge in [-0.2, -0.15) is 0 Å². The van der Waals surface area contributed by atoms with E-state index in [1.165, 1.54) is 0 Å². The number of carbonyl (C=O) groups excluding carboxylic acids is 1. The Labute approximate surface area is 157 Å². The highest BCUT2D eigenvalue weighted by Gasteiger charge is 2.26. The van der Waals surface area contributed by atoms with Gasteiger partial charge < -0.3 is 20.0 Å². The van der Waals surface area contributed by atoms with Gasteiger partial charge in [0.2, 0.25) is 5.91 Å². The van der Waals surface area contributed by atoms with E-state index >= 15 is 0 Å². The molecule has 2 N–H and O–H groups in total. The zero-order chi connectivity index (χ0) is 19.1. The molecule has 0 spiro atoms. The van der Waals surface area contributed by atoms with Crippen LogP contribution in [0.4, 0.5) is 0 Å². The standard InChI is InChI=1S/C20H34N4O2/c1-6-16(7-2)19(25)24-10-8-18(9-11-24)23-20(21-5)22-13-17-12-14(3)26-15(17)4/h12,16,18H,6-11,13H2,1-5H3,(H2,21,22,23). The lowest BCUT2D eigenvalue weighted by Gasteiger charge is -2.34. The highest BCUT2D eigenvalue weighted by Crippen LogP contribution is 2.17. The van der Waals surface area contributed by atoms with Crippen molar-refractivity contribution in [3.63, 3.8) is 0 Å². The smallest absolute Gasteiger partial charge is 0.225 e. The van der Waals surface area contributed by atoms with Crippen molar-refractivity contribution in [3.8, 4) is 0 Å². The fraction of sp³-hybridized carbons (Fsp3) is 0.700. The first kappa shape index (κ1) is 20.3. The number of rotatable bonds is 6. The summed E-state index contributed by atoms with van der Waals surface area (Å²) in [4.78, 5) is 18.9. The molecule has 1 aliphatic rings. The summed E-state index contributed by atoms with van der Waals surface area (Å²) in [6.07, 6.45) is 3.76. The lowest BCUT2D eigenvalue weighted by Crippen LogP contribution is -2.50. The summed E-state index contributed by atoms with van der Waals surface area (Å²) in [6, 6.07) is 2.40. The molecule has 0 aliphatic carbocycles. The van der Waals surface area contributed by atoms with Gasteiger partial charge in [0.05, 0.1) is 0 Å². The Bertz CT molecular complexity index is 611. The molecule has 0 bridgehead atoms. The van der Waals surface area contributed by atoms with Crippen LogP contribution in [0, 0.1) is 19.8 Å². The first-order chi connectivity index (χ1) is 12.5. The van der Waals surface area contributed by atoms with Gasteiger partial charge in [0.1, 0.15) is 11.5 Å². The molecule has 1 aliphatic heterocycles. The van der Waals surface area contributed by atoms with Crippen molar-refractivity contribution in [2.24, 2.45) is 10.9 Å². The second kappa shape index (κ2) is 9.64. The van der Waals surface area contributed by atoms with Crippen LogP contribution in [0.1, 0.15) is 56.6 Å². The minimum absolute atomic E-state index is 0.176. The van der Waals surface area contributed by atoms with Gasteiger partial charge in [0.25, 0.3) is 0 Å². The van der Waals surface area contributed by atoms with Crippen LogP contribution < -0.4 is 10.6 Å². The Balaban J connectivity index is 1.80. The maximum absolute atomic E-state index is 12.5. The zero-order valence-electron chi connectivity index (χ0n) is 16.9. The minimum Gasteiger partial charge on any atom is -0.466 e. The maximum Gasteiger partial charge on any atom is 0.225 e. The van der Waals surface area contributed by atoms with E-state index in [9.17, 15) is 4.79 Å². The largest absolute Gasteiger partial charge is 0.466 e. The fourth-order valence-corrected chi connectivity index (χ4v) is 3.57. The normalized spacial score (nSPS) is 16.2. The molecule has 1 saturated heterocycles. The summed E-state index contributed by atoms with van der Waals surface area (Å²) in [6.45, 7) is 10.5. The molecule has 146 valence electrons. The number of amides is 1. The third-order valence-electron chi connectivity index (χ3n) is 5.30. The first-order valence-corrected chi connectivity index (χ1v) is 9.80. The van der Waals surface area contributed by atoms with Crippen LogP contribution in [0.2, 0.25) is 0 Å². The average molecular weight is 363 g/mol. The highest BCUT2D eigenvalue weighted by molar-refractivity contribution is 5.80. The molecule has 0 radical (unpaired) electrons. The van der Waals surface area contributed by atoms with Crippen molar-refractivity contribution in [3.05, 3.63) is 23.2 Å². The highest BCUT2D eigenvalue weighted by atomic mass is 16.3. The zero-order valence-corrected chi connectivity index (χ0v) is 16.9. The Hall–Kier alpha value is -1.98. The van der Waals surface area contributed by atoms with Crippen LogP contribution in [-0.2, 0) is 11.3 Å². The minimum atomic E-state index is 0.176. The SMILES string of the molecule is CCC(CC)C(=O)N1CCC(NC(=NC)NCc2cc(C)oc2C)CC1. The molecule has 0 unspecified atom stereocenters. The van der Waals surface area contributed by atoms with E-state index in [0.29, 0.717) is 18.5 Å². The first-order valence-electron chi connectivity index (χ1n) is 9.80. The van der Waals surface area contributed by atoms with Gasteiger partial charge in [0, 0.05) is 44.2 Å². The van der Waals surface area contributed by atoms with Gasteiger partial charge in [-0.05, 0) is 45.6 Å². The number of nitrogens with zero attached hydrogens (tertiary/aromatic N) is 2. The number of guanidine groups is 1. The van der Waals surface area contributed by atoms with E-state index in [-0.39, 0.29) is 5.92 Å². The van der Waals surface area contributed by atoms with Gasteiger partial charge in [-0.25, -0.2) is 0 Å². The van der Waals surface area contributed by atoms with Crippen molar-refractivity contribution in [1.82, 2.24) is 15.5 Å². The van der Waals surface area contributed by atoms with Crippen molar-refractivity contribution < 1.29 is 9.21 Å². The molecule has 1 fully saturated rings. The maximum atomic E-state index is 12.5. The van der Waals surface area contributed by atoms with Gasteiger partial charge >= 0.3 is 0 Å². The molecule has 2 heterocycles. The van der Waals surface area contributed by atoms with E-state index < -0.39 is 0 Å². The van der Waals surface area contributed by atoms with Gasteiger partial charge in [0.15, 0.2) is 5.96 Å². The summed E-state index contributed by atoms with van der Waals surface area (Å²) in [5.74, 6) is 3.17. The lowest BCUT2D eigenvalue weighted by molar-refractivity contribution is -0.136. The van der Waals surface area contributed by atoms with Crippen molar-refractivity contribution >= 4 is 11.9 Å². The molecule has 1 aromatic heterocycles. The number of piperidine rings is 1. The molecule has 6 heteroatoms. The Morgan fingerprint density at radius 1 is 1.31 bits per heavy atom. The molecule has 2 rings (SSSR count). The topological polar surface area (TPSA) is 69.9 Å². The Morgan fingerprint density at radius 2 is 1.96 bits per heavy atom. The van der Waals surface area contributed by atoms with E-state index in [0.717, 1.165) is 61.8 Å². The molecule has 6 nitrogen and oxygen atoms in total. The summed E-state index contributed by atoms with van der Waals surface area (Å²) in [7, 11) is 1.79. The number of nitrogens with one attached hydrogen (secondary N) is 2. The third kappa shape index (κ3) is 5.26. The van der Waals surface area contributed by atoms with Crippen LogP contribution >= 0.6 is 0 Å². The van der Waals surface area contributed by atoms with Crippen LogP contribution in [0.3, 0.4) is 0 Å². The quantitative estimate of drug-likeness (QED) is 0.603. The number of hydrogen-bond acceptors (Lipinski definition) is 3.